The van der Waals surface area contributed by atoms with E-state index >= 15 is 0 Å². The van der Waals surface area contributed by atoms with Crippen molar-refractivity contribution >= 4 is 11.6 Å². The molecule has 0 aliphatic carbocycles. The lowest BCUT2D eigenvalue weighted by Gasteiger charge is -2.26. The van der Waals surface area contributed by atoms with Gasteiger partial charge in [0, 0.05) is 24.7 Å². The molecule has 2 rings (SSSR count). The lowest BCUT2D eigenvalue weighted by atomic mass is 10.0. The molecule has 1 heterocycles. The second-order valence-electron chi connectivity index (χ2n) is 4.49. The summed E-state index contributed by atoms with van der Waals surface area (Å²) >= 11 is 0. The summed E-state index contributed by atoms with van der Waals surface area (Å²) in [6.07, 6.45) is 3.56. The minimum atomic E-state index is 0.181. The number of hydrogen-bond donors (Lipinski definition) is 0. The van der Waals surface area contributed by atoms with E-state index < -0.39 is 0 Å². The van der Waals surface area contributed by atoms with Crippen LogP contribution in [0.4, 0.5) is 0 Å². The van der Waals surface area contributed by atoms with Crippen LogP contribution in [0, 0.1) is 6.92 Å². The zero-order valence-electron chi connectivity index (χ0n) is 11.2. The summed E-state index contributed by atoms with van der Waals surface area (Å²) in [6.45, 7) is 4.69. The first kappa shape index (κ1) is 12.7. The maximum absolute atomic E-state index is 11.7. The Morgan fingerprint density at radius 2 is 2.17 bits per heavy atom. The molecule has 1 aromatic rings. The van der Waals surface area contributed by atoms with Crippen LogP contribution in [-0.2, 0) is 4.79 Å². The van der Waals surface area contributed by atoms with Crippen molar-refractivity contribution < 1.29 is 9.53 Å². The summed E-state index contributed by atoms with van der Waals surface area (Å²) < 4.78 is 5.48. The van der Waals surface area contributed by atoms with Crippen LogP contribution in [0.5, 0.6) is 5.75 Å². The Kier molecular flexibility index (Phi) is 3.70. The molecule has 0 spiro atoms. The van der Waals surface area contributed by atoms with Crippen LogP contribution >= 0.6 is 0 Å². The largest absolute Gasteiger partial charge is 0.494 e. The molecule has 3 heteroatoms. The third-order valence-electron chi connectivity index (χ3n) is 3.22. The highest BCUT2D eigenvalue weighted by molar-refractivity contribution is 5.89. The van der Waals surface area contributed by atoms with Gasteiger partial charge in [0.2, 0.25) is 5.91 Å². The second kappa shape index (κ2) is 5.25. The van der Waals surface area contributed by atoms with Gasteiger partial charge in [0.1, 0.15) is 5.75 Å². The van der Waals surface area contributed by atoms with Crippen LogP contribution < -0.4 is 4.74 Å². The van der Waals surface area contributed by atoms with Gasteiger partial charge in [-0.05, 0) is 44.0 Å². The smallest absolute Gasteiger partial charge is 0.227 e. The molecule has 0 saturated heterocycles. The molecule has 1 aliphatic rings. The topological polar surface area (TPSA) is 29.5 Å². The van der Waals surface area contributed by atoms with Gasteiger partial charge in [-0.3, -0.25) is 4.79 Å². The predicted molar refractivity (Wildman–Crippen MR) is 72.3 cm³/mol. The number of carbonyl (C=O) groups excluding carboxylic acids is 1. The van der Waals surface area contributed by atoms with Gasteiger partial charge in [0.25, 0.3) is 0 Å². The zero-order valence-corrected chi connectivity index (χ0v) is 11.2. The van der Waals surface area contributed by atoms with Crippen molar-refractivity contribution in [2.45, 2.75) is 26.7 Å². The molecule has 3 nitrogen and oxygen atoms in total. The zero-order chi connectivity index (χ0) is 13.1. The van der Waals surface area contributed by atoms with E-state index in [9.17, 15) is 4.79 Å². The predicted octanol–water partition coefficient (Wildman–Crippen LogP) is 2.99. The van der Waals surface area contributed by atoms with E-state index in [-0.39, 0.29) is 5.91 Å². The monoisotopic (exact) mass is 245 g/mol. The Morgan fingerprint density at radius 3 is 2.83 bits per heavy atom. The van der Waals surface area contributed by atoms with Gasteiger partial charge in [0.15, 0.2) is 0 Å². The van der Waals surface area contributed by atoms with Gasteiger partial charge >= 0.3 is 0 Å². The van der Waals surface area contributed by atoms with E-state index in [1.807, 2.05) is 39.1 Å². The summed E-state index contributed by atoms with van der Waals surface area (Å²) in [5.74, 6) is 1.06. The molecule has 0 saturated carbocycles. The molecule has 0 unspecified atom stereocenters. The van der Waals surface area contributed by atoms with E-state index in [0.29, 0.717) is 13.0 Å². The van der Waals surface area contributed by atoms with E-state index in [1.165, 1.54) is 0 Å². The van der Waals surface area contributed by atoms with E-state index in [1.54, 1.807) is 4.90 Å². The highest BCUT2D eigenvalue weighted by Gasteiger charge is 2.19. The van der Waals surface area contributed by atoms with E-state index in [4.69, 9.17) is 4.74 Å². The number of aryl methyl sites for hydroxylation is 1. The van der Waals surface area contributed by atoms with E-state index in [2.05, 4.69) is 6.08 Å². The van der Waals surface area contributed by atoms with Gasteiger partial charge in [-0.1, -0.05) is 6.08 Å². The molecule has 0 atom stereocenters. The van der Waals surface area contributed by atoms with Gasteiger partial charge < -0.3 is 9.64 Å². The quantitative estimate of drug-likeness (QED) is 0.819. The van der Waals surface area contributed by atoms with E-state index in [0.717, 1.165) is 29.0 Å². The second-order valence-corrected chi connectivity index (χ2v) is 4.49. The van der Waals surface area contributed by atoms with Crippen LogP contribution in [0.2, 0.25) is 0 Å². The first-order valence-corrected chi connectivity index (χ1v) is 6.34. The number of benzene rings is 1. The SMILES string of the molecule is CCOc1ccc(C2=CCCC(=O)N2C)c(C)c1. The number of ether oxygens (including phenoxy) is 1. The normalized spacial score (nSPS) is 15.6. The molecule has 0 fully saturated rings. The highest BCUT2D eigenvalue weighted by atomic mass is 16.5. The first-order chi connectivity index (χ1) is 8.63. The van der Waals surface area contributed by atoms with Crippen molar-refractivity contribution in [1.82, 2.24) is 4.90 Å². The molecule has 0 radical (unpaired) electrons. The van der Waals surface area contributed by atoms with Gasteiger partial charge in [-0.2, -0.15) is 0 Å². The summed E-state index contributed by atoms with van der Waals surface area (Å²) in [6, 6.07) is 6.01. The Bertz CT molecular complexity index is 491. The number of amides is 1. The van der Waals surface area contributed by atoms with Crippen molar-refractivity contribution in [2.24, 2.45) is 0 Å². The average Bonchev–Trinajstić information content (AvgIpc) is 2.34. The third kappa shape index (κ3) is 2.40. The van der Waals surface area contributed by atoms with Gasteiger partial charge in [-0.25, -0.2) is 0 Å². The Morgan fingerprint density at radius 1 is 1.39 bits per heavy atom. The highest BCUT2D eigenvalue weighted by Crippen LogP contribution is 2.28. The summed E-state index contributed by atoms with van der Waals surface area (Å²) in [5.41, 5.74) is 3.24. The van der Waals surface area contributed by atoms with Crippen LogP contribution in [0.1, 0.15) is 30.9 Å². The number of allylic oxidation sites excluding steroid dienone is 1. The standard InChI is InChI=1S/C15H19NO2/c1-4-18-12-8-9-13(11(2)10-12)14-6-5-7-15(17)16(14)3/h6,8-10H,4-5,7H2,1-3H3. The molecule has 1 amide bonds. The van der Waals surface area contributed by atoms with Crippen molar-refractivity contribution in [3.05, 3.63) is 35.4 Å². The molecule has 1 aliphatic heterocycles. The average molecular weight is 245 g/mol. The Balaban J connectivity index is 2.34. The molecule has 18 heavy (non-hydrogen) atoms. The number of nitrogens with zero attached hydrogens (tertiary/aromatic N) is 1. The lowest BCUT2D eigenvalue weighted by molar-refractivity contribution is -0.127. The molecule has 1 aromatic carbocycles. The van der Waals surface area contributed by atoms with Crippen molar-refractivity contribution in [3.63, 3.8) is 0 Å². The maximum atomic E-state index is 11.7. The molecular weight excluding hydrogens is 226 g/mol. The fraction of sp³-hybridized carbons (Fsp3) is 0.400. The van der Waals surface area contributed by atoms with Crippen LogP contribution in [0.3, 0.4) is 0 Å². The minimum absolute atomic E-state index is 0.181. The van der Waals surface area contributed by atoms with Crippen molar-refractivity contribution in [2.75, 3.05) is 13.7 Å². The van der Waals surface area contributed by atoms with Crippen molar-refractivity contribution in [1.29, 1.82) is 0 Å². The Hall–Kier alpha value is -1.77. The van der Waals surface area contributed by atoms with Crippen LogP contribution in [0.15, 0.2) is 24.3 Å². The maximum Gasteiger partial charge on any atom is 0.227 e. The lowest BCUT2D eigenvalue weighted by Crippen LogP contribution is -2.27. The molecule has 0 aromatic heterocycles. The summed E-state index contributed by atoms with van der Waals surface area (Å²) in [7, 11) is 1.84. The van der Waals surface area contributed by atoms with Crippen LogP contribution in [0.25, 0.3) is 5.70 Å². The third-order valence-corrected chi connectivity index (χ3v) is 3.22. The van der Waals surface area contributed by atoms with Gasteiger partial charge in [0.05, 0.1) is 6.61 Å². The first-order valence-electron chi connectivity index (χ1n) is 6.34. The molecule has 96 valence electrons. The fourth-order valence-electron chi connectivity index (χ4n) is 2.24. The molecular formula is C15H19NO2. The van der Waals surface area contributed by atoms with Crippen molar-refractivity contribution in [3.8, 4) is 5.75 Å². The van der Waals surface area contributed by atoms with Crippen LogP contribution in [-0.4, -0.2) is 24.5 Å². The summed E-state index contributed by atoms with van der Waals surface area (Å²) in [5, 5.41) is 0. The molecule has 0 N–H and O–H groups in total. The number of carbonyl (C=O) groups is 1. The number of hydrogen-bond acceptors (Lipinski definition) is 2. The Labute approximate surface area is 108 Å². The minimum Gasteiger partial charge on any atom is -0.494 e. The summed E-state index contributed by atoms with van der Waals surface area (Å²) in [4.78, 5) is 13.5. The molecule has 0 bridgehead atoms. The fourth-order valence-corrected chi connectivity index (χ4v) is 2.24. The van der Waals surface area contributed by atoms with Gasteiger partial charge in [-0.15, -0.1) is 0 Å². The number of rotatable bonds is 3.